The van der Waals surface area contributed by atoms with Crippen LogP contribution in [0.15, 0.2) is 24.4 Å². The molecule has 0 bridgehead atoms. The zero-order valence-corrected chi connectivity index (χ0v) is 15.2. The maximum absolute atomic E-state index is 14.5. The second kappa shape index (κ2) is 6.29. The maximum atomic E-state index is 14.5. The van der Waals surface area contributed by atoms with Crippen LogP contribution in [0.1, 0.15) is 10.5 Å². The van der Waals surface area contributed by atoms with Crippen molar-refractivity contribution in [3.8, 4) is 11.1 Å². The fourth-order valence-corrected chi connectivity index (χ4v) is 4.48. The smallest absolute Gasteiger partial charge is 0.357 e. The molecule has 0 spiro atoms. The van der Waals surface area contributed by atoms with Crippen LogP contribution in [-0.4, -0.2) is 26.1 Å². The molecule has 23 heavy (non-hydrogen) atoms. The number of halogens is 2. The summed E-state index contributed by atoms with van der Waals surface area (Å²) in [6, 6.07) is 4.71. The summed E-state index contributed by atoms with van der Waals surface area (Å²) < 4.78 is 19.3. The van der Waals surface area contributed by atoms with Crippen LogP contribution in [0.5, 0.6) is 0 Å². The van der Waals surface area contributed by atoms with Gasteiger partial charge in [0.25, 0.3) is 0 Å². The van der Waals surface area contributed by atoms with Gasteiger partial charge in [-0.2, -0.15) is 0 Å². The lowest BCUT2D eigenvalue weighted by molar-refractivity contribution is 0.0595. The number of hydrogen-bond donors (Lipinski definition) is 1. The van der Waals surface area contributed by atoms with Crippen LogP contribution in [0.25, 0.3) is 11.1 Å². The molecule has 4 nitrogen and oxygen atoms in total. The number of nitrogen functional groups attached to an aromatic ring is 1. The Kier molecular flexibility index (Phi) is 4.77. The molecule has 122 valence electrons. The Morgan fingerprint density at radius 3 is 2.57 bits per heavy atom. The Hall–Kier alpha value is -1.92. The van der Waals surface area contributed by atoms with Gasteiger partial charge >= 0.3 is 5.97 Å². The van der Waals surface area contributed by atoms with Gasteiger partial charge in [0.2, 0.25) is 0 Å². The summed E-state index contributed by atoms with van der Waals surface area (Å²) in [7, 11) is -0.813. The lowest BCUT2D eigenvalue weighted by Crippen LogP contribution is -2.41. The van der Waals surface area contributed by atoms with Crippen LogP contribution < -0.4 is 10.9 Å². The van der Waals surface area contributed by atoms with Crippen LogP contribution in [-0.2, 0) is 4.74 Å². The first-order valence-electron chi connectivity index (χ1n) is 7.00. The van der Waals surface area contributed by atoms with Gasteiger partial charge in [-0.25, -0.2) is 14.2 Å². The summed E-state index contributed by atoms with van der Waals surface area (Å²) in [5.41, 5.74) is 7.16. The van der Waals surface area contributed by atoms with Crippen molar-refractivity contribution in [2.24, 2.45) is 0 Å². The summed E-state index contributed by atoms with van der Waals surface area (Å²) in [6.45, 7) is 6.04. The zero-order chi connectivity index (χ0) is 17.4. The quantitative estimate of drug-likeness (QED) is 0.678. The second-order valence-electron chi connectivity index (χ2n) is 6.15. The molecule has 7 heteroatoms. The Morgan fingerprint density at radius 2 is 2.00 bits per heavy atom. The molecule has 0 aliphatic carbocycles. The van der Waals surface area contributed by atoms with E-state index in [1.165, 1.54) is 19.4 Å². The Bertz CT molecular complexity index is 775. The molecular weight excluding hydrogens is 335 g/mol. The van der Waals surface area contributed by atoms with E-state index < -0.39 is 14.0 Å². The summed E-state index contributed by atoms with van der Waals surface area (Å²) in [6.07, 6.45) is 1.29. The highest BCUT2D eigenvalue weighted by Crippen LogP contribution is 2.34. The number of nitrogens with zero attached hydrogens (tertiary/aromatic N) is 1. The van der Waals surface area contributed by atoms with E-state index in [0.29, 0.717) is 16.3 Å². The van der Waals surface area contributed by atoms with Crippen LogP contribution in [0, 0.1) is 5.82 Å². The molecule has 2 rings (SSSR count). The van der Waals surface area contributed by atoms with E-state index in [2.05, 4.69) is 4.98 Å². The lowest BCUT2D eigenvalue weighted by Gasteiger charge is -2.23. The first-order valence-corrected chi connectivity index (χ1v) is 10.9. The third-order valence-corrected chi connectivity index (χ3v) is 5.79. The number of carbonyl (C=O) groups is 1. The number of pyridine rings is 1. The van der Waals surface area contributed by atoms with Gasteiger partial charge in [-0.1, -0.05) is 43.4 Å². The van der Waals surface area contributed by atoms with E-state index in [1.54, 1.807) is 12.1 Å². The van der Waals surface area contributed by atoms with Crippen molar-refractivity contribution in [3.05, 3.63) is 40.9 Å². The Morgan fingerprint density at radius 1 is 1.35 bits per heavy atom. The number of ether oxygens (including phenoxy) is 1. The lowest BCUT2D eigenvalue weighted by atomic mass is 10.0. The zero-order valence-electron chi connectivity index (χ0n) is 13.4. The number of rotatable bonds is 3. The van der Waals surface area contributed by atoms with Crippen LogP contribution in [0.4, 0.5) is 10.1 Å². The van der Waals surface area contributed by atoms with E-state index >= 15 is 0 Å². The van der Waals surface area contributed by atoms with Gasteiger partial charge in [-0.15, -0.1) is 0 Å². The largest absolute Gasteiger partial charge is 0.464 e. The average Bonchev–Trinajstić information content (AvgIpc) is 2.47. The van der Waals surface area contributed by atoms with Crippen molar-refractivity contribution in [1.29, 1.82) is 0 Å². The van der Waals surface area contributed by atoms with Gasteiger partial charge < -0.3 is 10.5 Å². The predicted molar refractivity (Wildman–Crippen MR) is 93.4 cm³/mol. The molecule has 0 atom stereocenters. The monoisotopic (exact) mass is 352 g/mol. The molecule has 2 N–H and O–H groups in total. The van der Waals surface area contributed by atoms with E-state index in [9.17, 15) is 9.18 Å². The van der Waals surface area contributed by atoms with Gasteiger partial charge in [0, 0.05) is 11.8 Å². The number of nitrogens with two attached hydrogens (primary N) is 1. The molecule has 0 amide bonds. The summed E-state index contributed by atoms with van der Waals surface area (Å²) in [4.78, 5) is 16.1. The summed E-state index contributed by atoms with van der Waals surface area (Å²) in [5, 5.41) is 0.777. The van der Waals surface area contributed by atoms with E-state index in [0.717, 1.165) is 0 Å². The molecule has 0 saturated carbocycles. The minimum Gasteiger partial charge on any atom is -0.464 e. The number of esters is 1. The molecule has 0 saturated heterocycles. The van der Waals surface area contributed by atoms with Crippen molar-refractivity contribution in [3.63, 3.8) is 0 Å². The van der Waals surface area contributed by atoms with Crippen molar-refractivity contribution in [2.45, 2.75) is 19.6 Å². The molecule has 1 aromatic carbocycles. The fraction of sp³-hybridized carbons (Fsp3) is 0.250. The van der Waals surface area contributed by atoms with Crippen LogP contribution in [0.3, 0.4) is 0 Å². The highest BCUT2D eigenvalue weighted by molar-refractivity contribution is 6.89. The Labute approximate surface area is 140 Å². The molecule has 0 unspecified atom stereocenters. The first kappa shape index (κ1) is 17.4. The molecule has 1 aromatic heterocycles. The summed E-state index contributed by atoms with van der Waals surface area (Å²) >= 11 is 6.07. The number of methoxy groups -OCH3 is 1. The molecule has 2 aromatic rings. The van der Waals surface area contributed by atoms with E-state index in [1.807, 2.05) is 19.6 Å². The molecule has 0 radical (unpaired) electrons. The van der Waals surface area contributed by atoms with E-state index in [-0.39, 0.29) is 22.2 Å². The Balaban J connectivity index is 2.90. The molecule has 1 heterocycles. The van der Waals surface area contributed by atoms with Crippen LogP contribution >= 0.6 is 11.6 Å². The number of benzene rings is 1. The normalized spacial score (nSPS) is 11.4. The summed E-state index contributed by atoms with van der Waals surface area (Å²) in [5.74, 6) is -0.967. The van der Waals surface area contributed by atoms with Gasteiger partial charge in [0.15, 0.2) is 5.69 Å². The van der Waals surface area contributed by atoms with Crippen molar-refractivity contribution in [2.75, 3.05) is 12.8 Å². The average molecular weight is 353 g/mol. The number of aromatic nitrogens is 1. The number of anilines is 1. The highest BCUT2D eigenvalue weighted by Gasteiger charge is 2.29. The third-order valence-electron chi connectivity index (χ3n) is 3.48. The van der Waals surface area contributed by atoms with Gasteiger partial charge in [0.1, 0.15) is 5.82 Å². The van der Waals surface area contributed by atoms with Gasteiger partial charge in [-0.05, 0) is 16.8 Å². The third kappa shape index (κ3) is 3.23. The molecule has 0 aliphatic heterocycles. The second-order valence-corrected chi connectivity index (χ2v) is 11.6. The van der Waals surface area contributed by atoms with Gasteiger partial charge in [0.05, 0.1) is 25.9 Å². The minimum atomic E-state index is -2.07. The molecule has 0 fully saturated rings. The SMILES string of the molecule is COC(=O)c1ncc(Cl)c(N)c1-c1cccc(F)c1[Si](C)(C)C. The minimum absolute atomic E-state index is 0.0273. The van der Waals surface area contributed by atoms with Crippen molar-refractivity contribution in [1.82, 2.24) is 4.98 Å². The van der Waals surface area contributed by atoms with Gasteiger partial charge in [-0.3, -0.25) is 0 Å². The number of hydrogen-bond acceptors (Lipinski definition) is 4. The topological polar surface area (TPSA) is 65.2 Å². The fourth-order valence-electron chi connectivity index (χ4n) is 2.52. The standard InChI is InChI=1S/C16H18ClFN2O2Si/c1-22-16(21)14-12(13(19)10(17)8-20-14)9-6-5-7-11(18)15(9)23(2,3)4/h5-8H,1-4H3,(H2,19,20). The van der Waals surface area contributed by atoms with E-state index in [4.69, 9.17) is 22.1 Å². The number of carbonyl (C=O) groups excluding carboxylic acids is 1. The maximum Gasteiger partial charge on any atom is 0.357 e. The highest BCUT2D eigenvalue weighted by atomic mass is 35.5. The molecular formula is C16H18ClFN2O2Si. The first-order chi connectivity index (χ1) is 10.7. The van der Waals surface area contributed by atoms with Crippen molar-refractivity contribution >= 4 is 36.5 Å². The van der Waals surface area contributed by atoms with Crippen molar-refractivity contribution < 1.29 is 13.9 Å². The molecule has 0 aliphatic rings. The van der Waals surface area contributed by atoms with Crippen LogP contribution in [0.2, 0.25) is 24.7 Å². The predicted octanol–water partition coefficient (Wildman–Crippen LogP) is 3.46.